The van der Waals surface area contributed by atoms with Crippen molar-refractivity contribution in [2.24, 2.45) is 0 Å². The van der Waals surface area contributed by atoms with E-state index in [2.05, 4.69) is 10.6 Å². The van der Waals surface area contributed by atoms with E-state index in [0.717, 1.165) is 26.7 Å². The number of anilines is 1. The summed E-state index contributed by atoms with van der Waals surface area (Å²) in [4.78, 5) is 41.2. The molecule has 6 nitrogen and oxygen atoms in total. The standard InChI is InChI=1S/C37H28ClN3O3S/c1-24(37(44)41-33-20-9-6-17-29(33)30-18-7-10-21-34(30)41)45-28-16-11-15-27(23-28)39-36(43)32(22-26-14-5-8-19-31(26)38)40-35(42)25-12-3-2-4-13-25/h2-24H,1H3,(H,39,43)(H,40,42)/b32-22-. The first kappa shape index (κ1) is 29.9. The summed E-state index contributed by atoms with van der Waals surface area (Å²) in [6.45, 7) is 1.88. The van der Waals surface area contributed by atoms with E-state index in [4.69, 9.17) is 11.6 Å². The van der Waals surface area contributed by atoms with E-state index in [-0.39, 0.29) is 11.6 Å². The van der Waals surface area contributed by atoms with E-state index < -0.39 is 17.1 Å². The van der Waals surface area contributed by atoms with E-state index >= 15 is 0 Å². The number of nitrogens with one attached hydrogen (secondary N) is 2. The monoisotopic (exact) mass is 629 g/mol. The summed E-state index contributed by atoms with van der Waals surface area (Å²) in [7, 11) is 0. The van der Waals surface area contributed by atoms with Crippen molar-refractivity contribution in [1.82, 2.24) is 9.88 Å². The molecule has 0 saturated heterocycles. The van der Waals surface area contributed by atoms with Crippen molar-refractivity contribution in [3.63, 3.8) is 0 Å². The van der Waals surface area contributed by atoms with Crippen LogP contribution in [0, 0.1) is 0 Å². The van der Waals surface area contributed by atoms with Gasteiger partial charge in [-0.1, -0.05) is 90.5 Å². The van der Waals surface area contributed by atoms with E-state index in [1.807, 2.05) is 79.7 Å². The Labute approximate surface area is 269 Å². The molecule has 6 rings (SSSR count). The molecule has 0 aliphatic carbocycles. The van der Waals surface area contributed by atoms with Crippen molar-refractivity contribution < 1.29 is 14.4 Å². The second kappa shape index (κ2) is 13.3. The number of carbonyl (C=O) groups is 3. The maximum atomic E-state index is 13.8. The zero-order chi connectivity index (χ0) is 31.3. The number of hydrogen-bond acceptors (Lipinski definition) is 4. The number of benzene rings is 5. The topological polar surface area (TPSA) is 80.2 Å². The number of hydrogen-bond donors (Lipinski definition) is 2. The third-order valence-corrected chi connectivity index (χ3v) is 8.71. The Morgan fingerprint density at radius 1 is 0.756 bits per heavy atom. The molecule has 0 saturated carbocycles. The van der Waals surface area contributed by atoms with Gasteiger partial charge in [0.05, 0.1) is 16.3 Å². The number of carbonyl (C=O) groups excluding carboxylic acids is 3. The predicted molar refractivity (Wildman–Crippen MR) is 184 cm³/mol. The Bertz CT molecular complexity index is 2030. The van der Waals surface area contributed by atoms with Gasteiger partial charge in [0.25, 0.3) is 11.8 Å². The summed E-state index contributed by atoms with van der Waals surface area (Å²) in [5.41, 5.74) is 3.28. The first-order valence-corrected chi connectivity index (χ1v) is 15.6. The van der Waals surface area contributed by atoms with Crippen molar-refractivity contribution in [3.8, 4) is 0 Å². The van der Waals surface area contributed by atoms with Crippen molar-refractivity contribution >= 4 is 74.7 Å². The molecule has 1 heterocycles. The van der Waals surface area contributed by atoms with Gasteiger partial charge in [-0.15, -0.1) is 11.8 Å². The lowest BCUT2D eigenvalue weighted by molar-refractivity contribution is -0.113. The minimum Gasteiger partial charge on any atom is -0.321 e. The molecule has 5 aromatic carbocycles. The Kier molecular flexibility index (Phi) is 8.82. The molecule has 0 aliphatic heterocycles. The van der Waals surface area contributed by atoms with Crippen molar-refractivity contribution in [2.75, 3.05) is 5.32 Å². The van der Waals surface area contributed by atoms with Gasteiger partial charge < -0.3 is 10.6 Å². The minimum absolute atomic E-state index is 0.0323. The quantitative estimate of drug-likeness (QED) is 0.130. The molecule has 8 heteroatoms. The molecule has 1 atom stereocenters. The van der Waals surface area contributed by atoms with Crippen LogP contribution in [0.15, 0.2) is 138 Å². The van der Waals surface area contributed by atoms with Crippen LogP contribution < -0.4 is 10.6 Å². The van der Waals surface area contributed by atoms with Crippen LogP contribution in [-0.2, 0) is 4.79 Å². The average molecular weight is 630 g/mol. The smallest absolute Gasteiger partial charge is 0.272 e. The van der Waals surface area contributed by atoms with Crippen LogP contribution >= 0.6 is 23.4 Å². The average Bonchev–Trinajstić information content (AvgIpc) is 3.40. The van der Waals surface area contributed by atoms with Crippen molar-refractivity contribution in [3.05, 3.63) is 149 Å². The lowest BCUT2D eigenvalue weighted by Crippen LogP contribution is -2.30. The lowest BCUT2D eigenvalue weighted by atomic mass is 10.1. The van der Waals surface area contributed by atoms with Gasteiger partial charge in [0, 0.05) is 31.9 Å². The molecule has 2 amide bonds. The SMILES string of the molecule is CC(Sc1cccc(NC(=O)/C(=C/c2ccccc2Cl)NC(=O)c2ccccc2)c1)C(=O)n1c2ccccc2c2ccccc21. The highest BCUT2D eigenvalue weighted by Crippen LogP contribution is 2.32. The van der Waals surface area contributed by atoms with Gasteiger partial charge in [0.15, 0.2) is 0 Å². The summed E-state index contributed by atoms with van der Waals surface area (Å²) in [5.74, 6) is -0.984. The highest BCUT2D eigenvalue weighted by Gasteiger charge is 2.22. The van der Waals surface area contributed by atoms with Crippen LogP contribution in [0.5, 0.6) is 0 Å². The number of thioether (sulfide) groups is 1. The first-order valence-electron chi connectivity index (χ1n) is 14.3. The Hall–Kier alpha value is -5.11. The van der Waals surface area contributed by atoms with Crippen LogP contribution in [0.2, 0.25) is 5.02 Å². The zero-order valence-corrected chi connectivity index (χ0v) is 25.8. The van der Waals surface area contributed by atoms with Gasteiger partial charge in [-0.25, -0.2) is 0 Å². The van der Waals surface area contributed by atoms with Gasteiger partial charge in [-0.05, 0) is 67.1 Å². The van der Waals surface area contributed by atoms with Crippen LogP contribution in [0.4, 0.5) is 5.69 Å². The molecular formula is C37H28ClN3O3S. The molecule has 6 aromatic rings. The van der Waals surface area contributed by atoms with Gasteiger partial charge in [0.1, 0.15) is 5.70 Å². The fourth-order valence-electron chi connectivity index (χ4n) is 5.13. The van der Waals surface area contributed by atoms with Gasteiger partial charge in [0.2, 0.25) is 5.91 Å². The van der Waals surface area contributed by atoms with Crippen LogP contribution in [0.3, 0.4) is 0 Å². The Morgan fingerprint density at radius 2 is 1.38 bits per heavy atom. The van der Waals surface area contributed by atoms with Crippen LogP contribution in [0.25, 0.3) is 27.9 Å². The number of aromatic nitrogens is 1. The highest BCUT2D eigenvalue weighted by atomic mass is 35.5. The third-order valence-electron chi connectivity index (χ3n) is 7.29. The number of amides is 2. The molecule has 45 heavy (non-hydrogen) atoms. The minimum atomic E-state index is -0.518. The maximum absolute atomic E-state index is 13.8. The van der Waals surface area contributed by atoms with Crippen LogP contribution in [-0.4, -0.2) is 27.5 Å². The predicted octanol–water partition coefficient (Wildman–Crippen LogP) is 8.68. The second-order valence-electron chi connectivity index (χ2n) is 10.3. The molecule has 0 aliphatic rings. The first-order chi connectivity index (χ1) is 21.9. The fourth-order valence-corrected chi connectivity index (χ4v) is 6.29. The van der Waals surface area contributed by atoms with Crippen LogP contribution in [0.1, 0.15) is 27.6 Å². The summed E-state index contributed by atoms with van der Waals surface area (Å²) >= 11 is 7.77. The molecule has 2 N–H and O–H groups in total. The maximum Gasteiger partial charge on any atom is 0.272 e. The molecule has 0 bridgehead atoms. The number of halogens is 1. The number of rotatable bonds is 8. The largest absolute Gasteiger partial charge is 0.321 e. The Balaban J connectivity index is 1.23. The molecule has 0 radical (unpaired) electrons. The molecule has 222 valence electrons. The number of nitrogens with zero attached hydrogens (tertiary/aromatic N) is 1. The van der Waals surface area contributed by atoms with E-state index in [1.165, 1.54) is 11.8 Å². The molecule has 0 fully saturated rings. The third kappa shape index (κ3) is 6.55. The van der Waals surface area contributed by atoms with E-state index in [1.54, 1.807) is 65.2 Å². The zero-order valence-electron chi connectivity index (χ0n) is 24.2. The van der Waals surface area contributed by atoms with Crippen molar-refractivity contribution in [2.45, 2.75) is 17.1 Å². The summed E-state index contributed by atoms with van der Waals surface area (Å²) in [6, 6.07) is 38.8. The molecule has 1 unspecified atom stereocenters. The second-order valence-corrected chi connectivity index (χ2v) is 12.2. The van der Waals surface area contributed by atoms with E-state index in [0.29, 0.717) is 21.8 Å². The van der Waals surface area contributed by atoms with Gasteiger partial charge in [-0.3, -0.25) is 19.0 Å². The van der Waals surface area contributed by atoms with Crippen molar-refractivity contribution in [1.29, 1.82) is 0 Å². The number of para-hydroxylation sites is 2. The normalized spacial score (nSPS) is 12.2. The summed E-state index contributed by atoms with van der Waals surface area (Å²) in [5, 5.41) is 7.71. The molecule has 1 aromatic heterocycles. The van der Waals surface area contributed by atoms with Gasteiger partial charge >= 0.3 is 0 Å². The molecular weight excluding hydrogens is 602 g/mol. The van der Waals surface area contributed by atoms with Gasteiger partial charge in [-0.2, -0.15) is 0 Å². The summed E-state index contributed by atoms with van der Waals surface area (Å²) < 4.78 is 1.79. The van der Waals surface area contributed by atoms with E-state index in [9.17, 15) is 14.4 Å². The fraction of sp³-hybridized carbons (Fsp3) is 0.0541. The molecule has 0 spiro atoms. The lowest BCUT2D eigenvalue weighted by Gasteiger charge is -2.15. The Morgan fingerprint density at radius 3 is 2.07 bits per heavy atom. The highest BCUT2D eigenvalue weighted by molar-refractivity contribution is 8.00. The number of fused-ring (bicyclic) bond motifs is 3. The summed E-state index contributed by atoms with van der Waals surface area (Å²) in [6.07, 6.45) is 1.55.